The zero-order valence-electron chi connectivity index (χ0n) is 6.10. The number of aromatic nitrogens is 2. The Bertz CT molecular complexity index is 341. The average molecular weight is 168 g/mol. The van der Waals surface area contributed by atoms with Crippen LogP contribution in [0.3, 0.4) is 0 Å². The second-order valence-electron chi connectivity index (χ2n) is 2.11. The Kier molecular flexibility index (Phi) is 1.82. The first kappa shape index (κ1) is 8.25. The highest BCUT2D eigenvalue weighted by molar-refractivity contribution is 5.89. The number of aryl methyl sites for hydroxylation is 1. The smallest absolute Gasteiger partial charge is 0.108 e. The van der Waals surface area contributed by atoms with E-state index in [9.17, 15) is 19.8 Å². The summed E-state index contributed by atoms with van der Waals surface area (Å²) in [6.45, 7) is 0. The lowest BCUT2D eigenvalue weighted by Crippen LogP contribution is -2.24. The highest BCUT2D eigenvalue weighted by atomic mass is 16.4. The van der Waals surface area contributed by atoms with Crippen LogP contribution < -0.4 is 10.2 Å². The lowest BCUT2D eigenvalue weighted by Gasteiger charge is -1.99. The maximum Gasteiger partial charge on any atom is 0.108 e. The van der Waals surface area contributed by atoms with Gasteiger partial charge in [-0.3, -0.25) is 4.68 Å². The molecule has 1 aromatic heterocycles. The number of carboxylic acids is 2. The number of rotatable bonds is 2. The quantitative estimate of drug-likeness (QED) is 0.473. The maximum absolute atomic E-state index is 10.3. The molecular formula is C6H4N2O4-2. The van der Waals surface area contributed by atoms with Gasteiger partial charge in [0.25, 0.3) is 0 Å². The Hall–Kier alpha value is -1.85. The van der Waals surface area contributed by atoms with Crippen molar-refractivity contribution in [3.63, 3.8) is 0 Å². The van der Waals surface area contributed by atoms with E-state index in [1.165, 1.54) is 7.05 Å². The monoisotopic (exact) mass is 168 g/mol. The number of hydrogen-bond donors (Lipinski definition) is 0. The minimum Gasteiger partial charge on any atom is -0.543 e. The molecule has 0 atom stereocenters. The lowest BCUT2D eigenvalue weighted by atomic mass is 10.3. The molecule has 0 saturated carbocycles. The molecule has 0 unspecified atom stereocenters. The zero-order valence-corrected chi connectivity index (χ0v) is 6.10. The Morgan fingerprint density at radius 2 is 2.00 bits per heavy atom. The molecule has 1 heterocycles. The molecule has 1 aromatic rings. The van der Waals surface area contributed by atoms with Crippen LogP contribution in [0.5, 0.6) is 0 Å². The number of carbonyl (C=O) groups is 2. The molecule has 0 spiro atoms. The summed E-state index contributed by atoms with van der Waals surface area (Å²) >= 11 is 0. The van der Waals surface area contributed by atoms with E-state index in [1.54, 1.807) is 0 Å². The van der Waals surface area contributed by atoms with Gasteiger partial charge in [-0.1, -0.05) is 0 Å². The topological polar surface area (TPSA) is 98.1 Å². The molecule has 1 rings (SSSR count). The van der Waals surface area contributed by atoms with Gasteiger partial charge in [0.2, 0.25) is 0 Å². The normalized spacial score (nSPS) is 9.75. The van der Waals surface area contributed by atoms with Gasteiger partial charge in [-0.25, -0.2) is 0 Å². The molecule has 0 bridgehead atoms. The first-order valence-corrected chi connectivity index (χ1v) is 2.99. The van der Waals surface area contributed by atoms with Crippen molar-refractivity contribution in [3.8, 4) is 0 Å². The van der Waals surface area contributed by atoms with Crippen LogP contribution in [0.4, 0.5) is 0 Å². The van der Waals surface area contributed by atoms with Crippen molar-refractivity contribution in [1.29, 1.82) is 0 Å². The summed E-state index contributed by atoms with van der Waals surface area (Å²) < 4.78 is 0.903. The third kappa shape index (κ3) is 1.26. The molecule has 12 heavy (non-hydrogen) atoms. The van der Waals surface area contributed by atoms with E-state index >= 15 is 0 Å². The van der Waals surface area contributed by atoms with Crippen LogP contribution in [-0.2, 0) is 7.05 Å². The number of carboxylic acid groups (broad SMARTS) is 2. The first-order valence-electron chi connectivity index (χ1n) is 2.99. The third-order valence-corrected chi connectivity index (χ3v) is 1.30. The van der Waals surface area contributed by atoms with Crippen LogP contribution in [0.1, 0.15) is 21.0 Å². The molecule has 0 radical (unpaired) electrons. The molecule has 0 amide bonds. The summed E-state index contributed by atoms with van der Waals surface area (Å²) in [4.78, 5) is 20.5. The molecule has 0 saturated heterocycles. The average Bonchev–Trinajstić information content (AvgIpc) is 2.30. The molecule has 6 nitrogen and oxygen atoms in total. The summed E-state index contributed by atoms with van der Waals surface area (Å²) in [5.41, 5.74) is -0.717. The van der Waals surface area contributed by atoms with Crippen LogP contribution in [0, 0.1) is 0 Å². The number of hydrogen-bond acceptors (Lipinski definition) is 5. The van der Waals surface area contributed by atoms with E-state index < -0.39 is 17.6 Å². The van der Waals surface area contributed by atoms with Crippen LogP contribution in [0.15, 0.2) is 6.07 Å². The van der Waals surface area contributed by atoms with E-state index in [1.807, 2.05) is 0 Å². The number of carbonyl (C=O) groups excluding carboxylic acids is 2. The van der Waals surface area contributed by atoms with E-state index in [-0.39, 0.29) is 5.69 Å². The molecule has 0 aromatic carbocycles. The van der Waals surface area contributed by atoms with E-state index in [4.69, 9.17) is 0 Å². The van der Waals surface area contributed by atoms with Gasteiger partial charge < -0.3 is 19.8 Å². The number of aromatic carboxylic acids is 2. The Labute approximate surface area is 67.0 Å². The molecule has 0 fully saturated rings. The maximum atomic E-state index is 10.3. The van der Waals surface area contributed by atoms with Gasteiger partial charge in [-0.05, 0) is 6.07 Å². The van der Waals surface area contributed by atoms with Gasteiger partial charge in [-0.2, -0.15) is 5.10 Å². The summed E-state index contributed by atoms with van der Waals surface area (Å²) in [6.07, 6.45) is 0. The predicted octanol–water partition coefficient (Wildman–Crippen LogP) is -2.85. The van der Waals surface area contributed by atoms with Crippen molar-refractivity contribution >= 4 is 11.9 Å². The molecular weight excluding hydrogens is 164 g/mol. The van der Waals surface area contributed by atoms with Crippen LogP contribution in [-0.4, -0.2) is 21.7 Å². The van der Waals surface area contributed by atoms with Crippen LogP contribution in [0.25, 0.3) is 0 Å². The van der Waals surface area contributed by atoms with Gasteiger partial charge >= 0.3 is 0 Å². The van der Waals surface area contributed by atoms with Gasteiger partial charge in [-0.15, -0.1) is 0 Å². The third-order valence-electron chi connectivity index (χ3n) is 1.30. The zero-order chi connectivity index (χ0) is 9.30. The van der Waals surface area contributed by atoms with Gasteiger partial charge in [0.1, 0.15) is 5.69 Å². The van der Waals surface area contributed by atoms with Crippen molar-refractivity contribution in [2.75, 3.05) is 0 Å². The van der Waals surface area contributed by atoms with E-state index in [2.05, 4.69) is 5.10 Å². The van der Waals surface area contributed by atoms with Crippen molar-refractivity contribution in [2.45, 2.75) is 0 Å². The van der Waals surface area contributed by atoms with Crippen molar-refractivity contribution < 1.29 is 19.8 Å². The molecule has 0 N–H and O–H groups in total. The van der Waals surface area contributed by atoms with Gasteiger partial charge in [0, 0.05) is 7.05 Å². The minimum atomic E-state index is -1.52. The fraction of sp³-hybridized carbons (Fsp3) is 0.167. The van der Waals surface area contributed by atoms with E-state index in [0.717, 1.165) is 10.7 Å². The van der Waals surface area contributed by atoms with E-state index in [0.29, 0.717) is 0 Å². The fourth-order valence-corrected chi connectivity index (χ4v) is 0.758. The number of nitrogens with zero attached hydrogens (tertiary/aromatic N) is 2. The van der Waals surface area contributed by atoms with Crippen LogP contribution >= 0.6 is 0 Å². The molecule has 64 valence electrons. The SMILES string of the molecule is Cn1nc(C(=O)[O-])cc1C(=O)[O-]. The Morgan fingerprint density at radius 1 is 1.42 bits per heavy atom. The first-order chi connectivity index (χ1) is 5.52. The second kappa shape index (κ2) is 2.65. The summed E-state index contributed by atoms with van der Waals surface area (Å²) in [5.74, 6) is -2.99. The highest BCUT2D eigenvalue weighted by Gasteiger charge is 2.05. The lowest BCUT2D eigenvalue weighted by molar-refractivity contribution is -0.256. The largest absolute Gasteiger partial charge is 0.543 e. The fourth-order valence-electron chi connectivity index (χ4n) is 0.758. The van der Waals surface area contributed by atoms with Crippen molar-refractivity contribution in [2.24, 2.45) is 7.05 Å². The second-order valence-corrected chi connectivity index (χ2v) is 2.11. The minimum absolute atomic E-state index is 0.297. The Morgan fingerprint density at radius 3 is 2.25 bits per heavy atom. The standard InChI is InChI=1S/C6H6N2O4/c1-8-4(6(11)12)2-3(7-8)5(9)10/h2H,1H3,(H,9,10)(H,11,12)/p-2. The van der Waals surface area contributed by atoms with Crippen molar-refractivity contribution in [3.05, 3.63) is 17.5 Å². The highest BCUT2D eigenvalue weighted by Crippen LogP contribution is 2.00. The summed E-state index contributed by atoms with van der Waals surface area (Å²) in [6, 6.07) is 0.880. The summed E-state index contributed by atoms with van der Waals surface area (Å²) in [5, 5.41) is 23.8. The predicted molar refractivity (Wildman–Crippen MR) is 31.9 cm³/mol. The van der Waals surface area contributed by atoms with Gasteiger partial charge in [0.15, 0.2) is 0 Å². The molecule has 0 aliphatic carbocycles. The molecule has 6 heteroatoms. The Balaban J connectivity index is 3.17. The van der Waals surface area contributed by atoms with Gasteiger partial charge in [0.05, 0.1) is 17.6 Å². The van der Waals surface area contributed by atoms with Crippen molar-refractivity contribution in [1.82, 2.24) is 9.78 Å². The van der Waals surface area contributed by atoms with Crippen LogP contribution in [0.2, 0.25) is 0 Å². The molecule has 0 aliphatic heterocycles. The molecule has 0 aliphatic rings. The summed E-state index contributed by atoms with van der Waals surface area (Å²) in [7, 11) is 1.30.